The van der Waals surface area contributed by atoms with Crippen LogP contribution in [0.25, 0.3) is 10.2 Å². The fourth-order valence-electron chi connectivity index (χ4n) is 2.99. The number of rotatable bonds is 5. The molecule has 0 spiro atoms. The molecule has 1 saturated heterocycles. The number of thiazole rings is 1. The number of carbonyl (C=O) groups excluding carboxylic acids is 1. The Labute approximate surface area is 172 Å². The maximum Gasteiger partial charge on any atom is 0.265 e. The zero-order valence-electron chi connectivity index (χ0n) is 15.9. The Morgan fingerprint density at radius 2 is 2.03 bits per heavy atom. The van der Waals surface area contributed by atoms with Crippen LogP contribution in [0.3, 0.4) is 0 Å². The summed E-state index contributed by atoms with van der Waals surface area (Å²) in [6.45, 7) is 4.80. The van der Waals surface area contributed by atoms with Crippen LogP contribution >= 0.6 is 11.3 Å². The lowest BCUT2D eigenvalue weighted by molar-refractivity contribution is -0.122. The molecule has 0 saturated carbocycles. The molecular weight excluding hydrogens is 388 g/mol. The molecule has 1 aliphatic heterocycles. The number of anilines is 2. The summed E-state index contributed by atoms with van der Waals surface area (Å²) in [6, 6.07) is 14.4. The van der Waals surface area contributed by atoms with Crippen molar-refractivity contribution in [1.29, 1.82) is 5.26 Å². The minimum absolute atomic E-state index is 0.244. The quantitative estimate of drug-likeness (QED) is 0.696. The minimum Gasteiger partial charge on any atom is -0.481 e. The summed E-state index contributed by atoms with van der Waals surface area (Å²) in [5.41, 5.74) is 2.16. The Balaban J connectivity index is 1.42. The normalized spacial score (nSPS) is 15.0. The summed E-state index contributed by atoms with van der Waals surface area (Å²) in [4.78, 5) is 19.4. The second-order valence-electron chi connectivity index (χ2n) is 6.66. The van der Waals surface area contributed by atoms with Gasteiger partial charge in [-0.05, 0) is 49.4 Å². The zero-order chi connectivity index (χ0) is 20.2. The first-order valence-electron chi connectivity index (χ1n) is 9.33. The largest absolute Gasteiger partial charge is 0.481 e. The van der Waals surface area contributed by atoms with E-state index in [0.29, 0.717) is 30.2 Å². The molecule has 1 N–H and O–H groups in total. The highest BCUT2D eigenvalue weighted by Gasteiger charge is 2.17. The van der Waals surface area contributed by atoms with Crippen LogP contribution in [0.2, 0.25) is 0 Å². The number of nitrogens with zero attached hydrogens (tertiary/aromatic N) is 3. The summed E-state index contributed by atoms with van der Waals surface area (Å²) in [7, 11) is 0. The first-order valence-corrected chi connectivity index (χ1v) is 10.1. The van der Waals surface area contributed by atoms with E-state index in [4.69, 9.17) is 19.7 Å². The van der Waals surface area contributed by atoms with Crippen molar-refractivity contribution in [2.75, 3.05) is 36.5 Å². The van der Waals surface area contributed by atoms with E-state index in [-0.39, 0.29) is 5.91 Å². The Bertz CT molecular complexity index is 1050. The van der Waals surface area contributed by atoms with Gasteiger partial charge in [0.15, 0.2) is 11.2 Å². The molecule has 148 valence electrons. The van der Waals surface area contributed by atoms with Crippen LogP contribution < -0.4 is 15.0 Å². The van der Waals surface area contributed by atoms with E-state index >= 15 is 0 Å². The van der Waals surface area contributed by atoms with E-state index in [9.17, 15) is 4.79 Å². The highest BCUT2D eigenvalue weighted by molar-refractivity contribution is 7.22. The summed E-state index contributed by atoms with van der Waals surface area (Å²) >= 11 is 1.61. The SMILES string of the molecule is C[C@H](Oc1ccc(C#N)cc1)C(=O)Nc1ccc2nc(N3CCOCC3)sc2c1. The van der Waals surface area contributed by atoms with Gasteiger partial charge in [0.2, 0.25) is 0 Å². The van der Waals surface area contributed by atoms with Crippen LogP contribution in [0.5, 0.6) is 5.75 Å². The van der Waals surface area contributed by atoms with Crippen molar-refractivity contribution in [3.63, 3.8) is 0 Å². The number of ether oxygens (including phenoxy) is 2. The molecule has 8 heteroatoms. The van der Waals surface area contributed by atoms with Crippen molar-refractivity contribution in [3.05, 3.63) is 48.0 Å². The second kappa shape index (κ2) is 8.47. The number of fused-ring (bicyclic) bond motifs is 1. The van der Waals surface area contributed by atoms with Gasteiger partial charge in [-0.1, -0.05) is 11.3 Å². The van der Waals surface area contributed by atoms with Gasteiger partial charge in [0, 0.05) is 18.8 Å². The number of nitrogens with one attached hydrogen (secondary N) is 1. The molecule has 7 nitrogen and oxygen atoms in total. The lowest BCUT2D eigenvalue weighted by Gasteiger charge is -2.25. The highest BCUT2D eigenvalue weighted by Crippen LogP contribution is 2.31. The van der Waals surface area contributed by atoms with E-state index in [1.807, 2.05) is 18.2 Å². The predicted molar refractivity (Wildman–Crippen MR) is 113 cm³/mol. The standard InChI is InChI=1S/C21H20N4O3S/c1-14(28-17-5-2-15(13-22)3-6-17)20(26)23-16-4-7-18-19(12-16)29-21(24-18)25-8-10-27-11-9-25/h2-7,12,14H,8-11H2,1H3,(H,23,26)/t14-/m0/s1. The number of nitriles is 1. The van der Waals surface area contributed by atoms with Gasteiger partial charge < -0.3 is 19.7 Å². The van der Waals surface area contributed by atoms with Crippen LogP contribution in [0.15, 0.2) is 42.5 Å². The van der Waals surface area contributed by atoms with Gasteiger partial charge in [0.25, 0.3) is 5.91 Å². The molecule has 1 fully saturated rings. The summed E-state index contributed by atoms with van der Waals surface area (Å²) in [5.74, 6) is 0.298. The Hall–Kier alpha value is -3.15. The topological polar surface area (TPSA) is 87.5 Å². The van der Waals surface area contributed by atoms with Crippen molar-refractivity contribution < 1.29 is 14.3 Å². The molecule has 3 aromatic rings. The third-order valence-corrected chi connectivity index (χ3v) is 5.67. The van der Waals surface area contributed by atoms with Gasteiger partial charge >= 0.3 is 0 Å². The van der Waals surface area contributed by atoms with Crippen LogP contribution in [0.1, 0.15) is 12.5 Å². The van der Waals surface area contributed by atoms with Crippen molar-refractivity contribution >= 4 is 38.3 Å². The maximum atomic E-state index is 12.5. The van der Waals surface area contributed by atoms with Gasteiger partial charge in [0.05, 0.1) is 35.1 Å². The van der Waals surface area contributed by atoms with E-state index in [0.717, 1.165) is 28.4 Å². The number of hydrogen-bond acceptors (Lipinski definition) is 7. The fraction of sp³-hybridized carbons (Fsp3) is 0.286. The lowest BCUT2D eigenvalue weighted by Crippen LogP contribution is -2.36. The van der Waals surface area contributed by atoms with Crippen LogP contribution in [-0.4, -0.2) is 43.3 Å². The van der Waals surface area contributed by atoms with Crippen LogP contribution in [0, 0.1) is 11.3 Å². The van der Waals surface area contributed by atoms with Crippen molar-refractivity contribution in [2.24, 2.45) is 0 Å². The average Bonchev–Trinajstić information content (AvgIpc) is 3.18. The average molecular weight is 408 g/mol. The molecule has 2 heterocycles. The Morgan fingerprint density at radius 3 is 2.76 bits per heavy atom. The maximum absolute atomic E-state index is 12.5. The van der Waals surface area contributed by atoms with Gasteiger partial charge in [-0.25, -0.2) is 4.98 Å². The van der Waals surface area contributed by atoms with Gasteiger partial charge in [0.1, 0.15) is 5.75 Å². The first kappa shape index (κ1) is 19.2. The summed E-state index contributed by atoms with van der Waals surface area (Å²) in [6.07, 6.45) is -0.677. The lowest BCUT2D eigenvalue weighted by atomic mass is 10.2. The molecule has 4 rings (SSSR count). The monoisotopic (exact) mass is 408 g/mol. The minimum atomic E-state index is -0.677. The van der Waals surface area contributed by atoms with Crippen molar-refractivity contribution in [3.8, 4) is 11.8 Å². The Morgan fingerprint density at radius 1 is 1.28 bits per heavy atom. The summed E-state index contributed by atoms with van der Waals surface area (Å²) < 4.78 is 12.1. The number of amides is 1. The van der Waals surface area contributed by atoms with Crippen molar-refractivity contribution in [1.82, 2.24) is 4.98 Å². The summed E-state index contributed by atoms with van der Waals surface area (Å²) in [5, 5.41) is 12.7. The first-order chi connectivity index (χ1) is 14.1. The second-order valence-corrected chi connectivity index (χ2v) is 7.67. The highest BCUT2D eigenvalue weighted by atomic mass is 32.1. The number of morpholine rings is 1. The van der Waals surface area contributed by atoms with Crippen LogP contribution in [0.4, 0.5) is 10.8 Å². The molecule has 2 aromatic carbocycles. The third-order valence-electron chi connectivity index (χ3n) is 4.59. The van der Waals surface area contributed by atoms with Gasteiger partial charge in [-0.2, -0.15) is 5.26 Å². The number of carbonyl (C=O) groups is 1. The molecule has 1 aromatic heterocycles. The van der Waals surface area contributed by atoms with Crippen LogP contribution in [-0.2, 0) is 9.53 Å². The zero-order valence-corrected chi connectivity index (χ0v) is 16.7. The number of hydrogen-bond donors (Lipinski definition) is 1. The molecule has 1 amide bonds. The van der Waals surface area contributed by atoms with Gasteiger partial charge in [-0.3, -0.25) is 4.79 Å². The molecule has 29 heavy (non-hydrogen) atoms. The predicted octanol–water partition coefficient (Wildman–Crippen LogP) is 3.41. The molecule has 0 unspecified atom stereocenters. The van der Waals surface area contributed by atoms with Gasteiger partial charge in [-0.15, -0.1) is 0 Å². The fourth-order valence-corrected chi connectivity index (χ4v) is 4.05. The number of benzene rings is 2. The molecule has 0 bridgehead atoms. The van der Waals surface area contributed by atoms with E-state index in [2.05, 4.69) is 16.3 Å². The van der Waals surface area contributed by atoms with E-state index < -0.39 is 6.10 Å². The van der Waals surface area contributed by atoms with E-state index in [1.165, 1.54) is 0 Å². The van der Waals surface area contributed by atoms with Crippen molar-refractivity contribution in [2.45, 2.75) is 13.0 Å². The Kier molecular flexibility index (Phi) is 5.60. The molecule has 0 radical (unpaired) electrons. The molecule has 1 aliphatic rings. The third kappa shape index (κ3) is 4.47. The smallest absolute Gasteiger partial charge is 0.265 e. The molecule has 1 atom stereocenters. The van der Waals surface area contributed by atoms with E-state index in [1.54, 1.807) is 42.5 Å². The molecular formula is C21H20N4O3S. The number of aromatic nitrogens is 1. The molecule has 0 aliphatic carbocycles.